The molecule has 3 heterocycles. The highest BCUT2D eigenvalue weighted by Crippen LogP contribution is 2.34. The topological polar surface area (TPSA) is 117 Å². The first-order valence-corrected chi connectivity index (χ1v) is 13.8. The SMILES string of the molecule is C[C@H]1Cc2nc(C(=O)NCc3cc(NS(=O)(=O)C4CCCC4)ccn3)cnc2N(C2CCC2)C1. The van der Waals surface area contributed by atoms with Crippen molar-refractivity contribution in [3.05, 3.63) is 41.6 Å². The summed E-state index contributed by atoms with van der Waals surface area (Å²) < 4.78 is 27.8. The predicted octanol–water partition coefficient (Wildman–Crippen LogP) is 3.04. The second-order valence-corrected chi connectivity index (χ2v) is 11.8. The standard InChI is InChI=1S/C24H32N6O3S/c1-16-11-21-23(30(15-16)19-5-4-6-19)26-14-22(28-21)24(31)27-13-18-12-17(9-10-25-18)29-34(32,33)20-7-2-3-8-20/h9-10,12,14,16,19-20H,2-8,11,13,15H2,1H3,(H,25,29)(H,27,31)/t16-/m0/s1. The first-order chi connectivity index (χ1) is 16.4. The van der Waals surface area contributed by atoms with E-state index in [1.54, 1.807) is 24.5 Å². The maximum absolute atomic E-state index is 12.8. The minimum atomic E-state index is -3.41. The fraction of sp³-hybridized carbons (Fsp3) is 0.583. The summed E-state index contributed by atoms with van der Waals surface area (Å²) in [5.41, 5.74) is 2.21. The van der Waals surface area contributed by atoms with Crippen LogP contribution in [0, 0.1) is 5.92 Å². The van der Waals surface area contributed by atoms with Crippen molar-refractivity contribution >= 4 is 27.4 Å². The lowest BCUT2D eigenvalue weighted by atomic mass is 9.88. The second kappa shape index (κ2) is 9.48. The number of hydrogen-bond donors (Lipinski definition) is 2. The van der Waals surface area contributed by atoms with Crippen molar-refractivity contribution in [3.8, 4) is 0 Å². The summed E-state index contributed by atoms with van der Waals surface area (Å²) in [4.78, 5) is 28.7. The zero-order valence-corrected chi connectivity index (χ0v) is 20.4. The van der Waals surface area contributed by atoms with Crippen LogP contribution in [0.5, 0.6) is 0 Å². The number of carbonyl (C=O) groups excluding carboxylic acids is 1. The molecule has 1 atom stereocenters. The zero-order valence-electron chi connectivity index (χ0n) is 19.5. The first-order valence-electron chi connectivity index (χ1n) is 12.3. The van der Waals surface area contributed by atoms with Gasteiger partial charge in [-0.15, -0.1) is 0 Å². The van der Waals surface area contributed by atoms with Gasteiger partial charge < -0.3 is 10.2 Å². The molecule has 0 radical (unpaired) electrons. The maximum Gasteiger partial charge on any atom is 0.271 e. The fourth-order valence-corrected chi connectivity index (χ4v) is 6.67. The molecule has 0 bridgehead atoms. The van der Waals surface area contributed by atoms with Gasteiger partial charge in [0, 0.05) is 18.8 Å². The molecule has 0 spiro atoms. The Kier molecular flexibility index (Phi) is 6.42. The molecule has 0 unspecified atom stereocenters. The van der Waals surface area contributed by atoms with Crippen molar-refractivity contribution in [2.24, 2.45) is 5.92 Å². The van der Waals surface area contributed by atoms with Crippen LogP contribution < -0.4 is 14.9 Å². The van der Waals surface area contributed by atoms with E-state index in [0.29, 0.717) is 41.9 Å². The molecule has 1 amide bonds. The smallest absolute Gasteiger partial charge is 0.271 e. The number of amides is 1. The van der Waals surface area contributed by atoms with Gasteiger partial charge in [-0.2, -0.15) is 0 Å². The Morgan fingerprint density at radius 2 is 1.94 bits per heavy atom. The minimum Gasteiger partial charge on any atom is -0.352 e. The molecule has 34 heavy (non-hydrogen) atoms. The van der Waals surface area contributed by atoms with E-state index < -0.39 is 10.0 Å². The molecule has 5 rings (SSSR count). The highest BCUT2D eigenvalue weighted by atomic mass is 32.2. The van der Waals surface area contributed by atoms with Crippen molar-refractivity contribution in [1.82, 2.24) is 20.3 Å². The molecular formula is C24H32N6O3S. The van der Waals surface area contributed by atoms with Crippen LogP contribution in [0.2, 0.25) is 0 Å². The van der Waals surface area contributed by atoms with Gasteiger partial charge in [-0.25, -0.2) is 18.4 Å². The highest BCUT2D eigenvalue weighted by molar-refractivity contribution is 7.93. The molecule has 2 fully saturated rings. The van der Waals surface area contributed by atoms with Gasteiger partial charge in [-0.1, -0.05) is 19.8 Å². The van der Waals surface area contributed by atoms with Crippen LogP contribution in [0.25, 0.3) is 0 Å². The Balaban J connectivity index is 1.23. The quantitative estimate of drug-likeness (QED) is 0.620. The Hall–Kier alpha value is -2.75. The van der Waals surface area contributed by atoms with Crippen LogP contribution in [-0.4, -0.2) is 47.1 Å². The summed E-state index contributed by atoms with van der Waals surface area (Å²) in [5.74, 6) is 1.08. The van der Waals surface area contributed by atoms with E-state index >= 15 is 0 Å². The number of rotatable bonds is 7. The van der Waals surface area contributed by atoms with Crippen LogP contribution in [0.15, 0.2) is 24.5 Å². The molecule has 0 aromatic carbocycles. The molecule has 2 aliphatic carbocycles. The fourth-order valence-electron chi connectivity index (χ4n) is 5.09. The Bertz CT molecular complexity index is 1160. The third-order valence-electron chi connectivity index (χ3n) is 7.14. The van der Waals surface area contributed by atoms with Crippen LogP contribution >= 0.6 is 0 Å². The van der Waals surface area contributed by atoms with Crippen molar-refractivity contribution in [1.29, 1.82) is 0 Å². The Morgan fingerprint density at radius 3 is 2.68 bits per heavy atom. The summed E-state index contributed by atoms with van der Waals surface area (Å²) in [6.07, 6.45) is 10.8. The van der Waals surface area contributed by atoms with Crippen molar-refractivity contribution in [3.63, 3.8) is 0 Å². The molecule has 182 valence electrons. The lowest BCUT2D eigenvalue weighted by Crippen LogP contribution is -2.46. The van der Waals surface area contributed by atoms with Crippen molar-refractivity contribution < 1.29 is 13.2 Å². The third kappa shape index (κ3) is 4.87. The van der Waals surface area contributed by atoms with Crippen LogP contribution in [0.4, 0.5) is 11.5 Å². The molecule has 2 saturated carbocycles. The van der Waals surface area contributed by atoms with E-state index in [1.165, 1.54) is 19.3 Å². The molecule has 10 heteroatoms. The van der Waals surface area contributed by atoms with Gasteiger partial charge in [0.2, 0.25) is 10.0 Å². The van der Waals surface area contributed by atoms with Gasteiger partial charge in [0.15, 0.2) is 5.82 Å². The lowest BCUT2D eigenvalue weighted by Gasteiger charge is -2.43. The molecule has 2 aromatic rings. The molecule has 1 aliphatic heterocycles. The zero-order chi connectivity index (χ0) is 23.7. The first kappa shape index (κ1) is 23.0. The van der Waals surface area contributed by atoms with E-state index in [0.717, 1.165) is 37.3 Å². The number of anilines is 2. The number of sulfonamides is 1. The number of nitrogens with one attached hydrogen (secondary N) is 2. The van der Waals surface area contributed by atoms with Gasteiger partial charge in [0.05, 0.1) is 35.1 Å². The highest BCUT2D eigenvalue weighted by Gasteiger charge is 2.33. The molecule has 3 aliphatic rings. The Morgan fingerprint density at radius 1 is 1.15 bits per heavy atom. The van der Waals surface area contributed by atoms with E-state index in [4.69, 9.17) is 0 Å². The summed E-state index contributed by atoms with van der Waals surface area (Å²) in [6, 6.07) is 3.82. The van der Waals surface area contributed by atoms with Gasteiger partial charge >= 0.3 is 0 Å². The predicted molar refractivity (Wildman–Crippen MR) is 130 cm³/mol. The molecule has 2 aromatic heterocycles. The second-order valence-electron chi connectivity index (χ2n) is 9.84. The van der Waals surface area contributed by atoms with Crippen LogP contribution in [-0.2, 0) is 23.0 Å². The van der Waals surface area contributed by atoms with E-state index in [2.05, 4.69) is 36.8 Å². The van der Waals surface area contributed by atoms with Gasteiger partial charge in [-0.3, -0.25) is 14.5 Å². The van der Waals surface area contributed by atoms with Crippen LogP contribution in [0.3, 0.4) is 0 Å². The number of fused-ring (bicyclic) bond motifs is 1. The lowest BCUT2D eigenvalue weighted by molar-refractivity contribution is 0.0944. The normalized spacial score (nSPS) is 21.1. The van der Waals surface area contributed by atoms with Crippen LogP contribution in [0.1, 0.15) is 73.7 Å². The molecule has 9 nitrogen and oxygen atoms in total. The summed E-state index contributed by atoms with van der Waals surface area (Å²) in [7, 11) is -3.41. The summed E-state index contributed by atoms with van der Waals surface area (Å²) >= 11 is 0. The number of aromatic nitrogens is 3. The number of carbonyl (C=O) groups is 1. The average Bonchev–Trinajstić information content (AvgIpc) is 3.32. The average molecular weight is 485 g/mol. The summed E-state index contributed by atoms with van der Waals surface area (Å²) in [5, 5.41) is 2.50. The largest absolute Gasteiger partial charge is 0.352 e. The van der Waals surface area contributed by atoms with Crippen molar-refractivity contribution in [2.45, 2.75) is 76.1 Å². The monoisotopic (exact) mass is 484 g/mol. The minimum absolute atomic E-state index is 0.168. The van der Waals surface area contributed by atoms with Gasteiger partial charge in [-0.05, 0) is 56.6 Å². The molecule has 0 saturated heterocycles. The van der Waals surface area contributed by atoms with E-state index in [-0.39, 0.29) is 17.7 Å². The number of nitrogens with zero attached hydrogens (tertiary/aromatic N) is 4. The summed E-state index contributed by atoms with van der Waals surface area (Å²) in [6.45, 7) is 3.37. The van der Waals surface area contributed by atoms with Gasteiger partial charge in [0.1, 0.15) is 5.69 Å². The van der Waals surface area contributed by atoms with E-state index in [1.807, 2.05) is 0 Å². The molecular weight excluding hydrogens is 452 g/mol. The van der Waals surface area contributed by atoms with Crippen molar-refractivity contribution in [2.75, 3.05) is 16.2 Å². The number of hydrogen-bond acceptors (Lipinski definition) is 7. The third-order valence-corrected chi connectivity index (χ3v) is 9.01. The van der Waals surface area contributed by atoms with Gasteiger partial charge in [0.25, 0.3) is 5.91 Å². The molecule has 2 N–H and O–H groups in total. The Labute approximate surface area is 200 Å². The van der Waals surface area contributed by atoms with E-state index in [9.17, 15) is 13.2 Å². The number of pyridine rings is 1. The maximum atomic E-state index is 12.8.